The van der Waals surface area contributed by atoms with Gasteiger partial charge in [-0.15, -0.1) is 0 Å². The number of amides is 1. The predicted molar refractivity (Wildman–Crippen MR) is 43.3 cm³/mol. The average molecular weight is 171 g/mol. The highest BCUT2D eigenvalue weighted by Gasteiger charge is 2.17. The molecular weight excluding hydrogens is 158 g/mol. The first kappa shape index (κ1) is 10.8. The number of nitrogens with two attached hydrogens (primary N) is 1. The number of primary amides is 1. The number of Topliss-reactive ketones (excluding diaryl/α,β-unsaturated/α-hetero) is 2. The lowest BCUT2D eigenvalue weighted by Crippen LogP contribution is -2.27. The fourth-order valence-electron chi connectivity index (χ4n) is 0.674. The van der Waals surface area contributed by atoms with Crippen LogP contribution in [0.5, 0.6) is 0 Å². The molecule has 1 amide bonds. The summed E-state index contributed by atoms with van der Waals surface area (Å²) in [6.07, 6.45) is 0.301. The van der Waals surface area contributed by atoms with E-state index in [0.717, 1.165) is 0 Å². The molecule has 0 aliphatic carbocycles. The molecular formula is C8H13NO3. The van der Waals surface area contributed by atoms with Gasteiger partial charge in [-0.3, -0.25) is 9.59 Å². The van der Waals surface area contributed by atoms with Gasteiger partial charge >= 0.3 is 0 Å². The standard InChI is InChI=1S/C8H13NO3/c1-5(10)3-4-7(11)6(2)8(9)12/h6H,3-4H2,1-2H3,(H2,9,12)/t6-/m1/s1. The lowest BCUT2D eigenvalue weighted by Gasteiger charge is -2.03. The summed E-state index contributed by atoms with van der Waals surface area (Å²) in [7, 11) is 0. The number of hydrogen-bond acceptors (Lipinski definition) is 3. The minimum atomic E-state index is -0.774. The maximum atomic E-state index is 11.0. The summed E-state index contributed by atoms with van der Waals surface area (Å²) in [5, 5.41) is 0. The lowest BCUT2D eigenvalue weighted by molar-refractivity contribution is -0.132. The Labute approximate surface area is 71.1 Å². The van der Waals surface area contributed by atoms with Crippen LogP contribution in [0.4, 0.5) is 0 Å². The number of ketones is 2. The molecule has 68 valence electrons. The van der Waals surface area contributed by atoms with Gasteiger partial charge in [0.1, 0.15) is 11.6 Å². The molecule has 0 aromatic carbocycles. The van der Waals surface area contributed by atoms with Crippen LogP contribution in [0.25, 0.3) is 0 Å². The van der Waals surface area contributed by atoms with Gasteiger partial charge in [-0.25, -0.2) is 0 Å². The van der Waals surface area contributed by atoms with E-state index in [1.54, 1.807) is 0 Å². The highest BCUT2D eigenvalue weighted by atomic mass is 16.2. The molecule has 0 saturated carbocycles. The first-order valence-electron chi connectivity index (χ1n) is 3.76. The smallest absolute Gasteiger partial charge is 0.227 e. The molecule has 0 saturated heterocycles. The normalized spacial score (nSPS) is 12.2. The molecule has 1 atom stereocenters. The van der Waals surface area contributed by atoms with E-state index in [1.165, 1.54) is 13.8 Å². The van der Waals surface area contributed by atoms with Gasteiger partial charge in [-0.1, -0.05) is 0 Å². The van der Waals surface area contributed by atoms with Gasteiger partial charge in [0, 0.05) is 12.8 Å². The van der Waals surface area contributed by atoms with Crippen molar-refractivity contribution in [3.63, 3.8) is 0 Å². The topological polar surface area (TPSA) is 77.2 Å². The molecule has 0 rings (SSSR count). The SMILES string of the molecule is CC(=O)CCC(=O)[C@@H](C)C(N)=O. The Morgan fingerprint density at radius 2 is 1.75 bits per heavy atom. The molecule has 0 aromatic rings. The highest BCUT2D eigenvalue weighted by molar-refractivity contribution is 6.01. The van der Waals surface area contributed by atoms with Crippen LogP contribution < -0.4 is 5.73 Å². The zero-order chi connectivity index (χ0) is 9.72. The second-order valence-electron chi connectivity index (χ2n) is 2.79. The number of carbonyl (C=O) groups excluding carboxylic acids is 3. The zero-order valence-corrected chi connectivity index (χ0v) is 7.29. The molecule has 4 nitrogen and oxygen atoms in total. The van der Waals surface area contributed by atoms with Crippen molar-refractivity contribution in [2.45, 2.75) is 26.7 Å². The molecule has 0 heterocycles. The Balaban J connectivity index is 3.88. The van der Waals surface area contributed by atoms with Crippen molar-refractivity contribution < 1.29 is 14.4 Å². The summed E-state index contributed by atoms with van der Waals surface area (Å²) in [4.78, 5) is 32.0. The van der Waals surface area contributed by atoms with Crippen molar-refractivity contribution >= 4 is 17.5 Å². The van der Waals surface area contributed by atoms with Crippen LogP contribution in [0.1, 0.15) is 26.7 Å². The minimum absolute atomic E-state index is 0.0555. The van der Waals surface area contributed by atoms with Gasteiger partial charge < -0.3 is 10.5 Å². The first-order valence-corrected chi connectivity index (χ1v) is 3.76. The van der Waals surface area contributed by atoms with Gasteiger partial charge in [0.2, 0.25) is 5.91 Å². The van der Waals surface area contributed by atoms with Crippen molar-refractivity contribution in [3.05, 3.63) is 0 Å². The van der Waals surface area contributed by atoms with E-state index < -0.39 is 11.8 Å². The Morgan fingerprint density at radius 3 is 2.08 bits per heavy atom. The fourth-order valence-corrected chi connectivity index (χ4v) is 0.674. The summed E-state index contributed by atoms with van der Waals surface area (Å²) in [6, 6.07) is 0. The predicted octanol–water partition coefficient (Wildman–Crippen LogP) is 0.0461. The molecule has 0 fully saturated rings. The van der Waals surface area contributed by atoms with E-state index >= 15 is 0 Å². The Hall–Kier alpha value is -1.19. The molecule has 0 aliphatic rings. The van der Waals surface area contributed by atoms with Crippen molar-refractivity contribution in [1.82, 2.24) is 0 Å². The second-order valence-corrected chi connectivity index (χ2v) is 2.79. The summed E-state index contributed by atoms with van der Waals surface area (Å²) in [5.41, 5.74) is 4.90. The van der Waals surface area contributed by atoms with Gasteiger partial charge in [0.05, 0.1) is 5.92 Å². The quantitative estimate of drug-likeness (QED) is 0.593. The van der Waals surface area contributed by atoms with Crippen LogP contribution in [0.15, 0.2) is 0 Å². The molecule has 0 radical (unpaired) electrons. The molecule has 0 aliphatic heterocycles. The third-order valence-corrected chi connectivity index (χ3v) is 1.63. The Morgan fingerprint density at radius 1 is 1.25 bits per heavy atom. The Bertz CT molecular complexity index is 210. The third kappa shape index (κ3) is 3.85. The molecule has 2 N–H and O–H groups in total. The van der Waals surface area contributed by atoms with Crippen LogP contribution in [0, 0.1) is 5.92 Å². The van der Waals surface area contributed by atoms with Crippen LogP contribution in [0.2, 0.25) is 0 Å². The maximum Gasteiger partial charge on any atom is 0.227 e. The summed E-state index contributed by atoms with van der Waals surface area (Å²) in [6.45, 7) is 2.85. The molecule has 0 spiro atoms. The molecule has 0 aromatic heterocycles. The minimum Gasteiger partial charge on any atom is -0.369 e. The van der Waals surface area contributed by atoms with E-state index in [4.69, 9.17) is 5.73 Å². The van der Waals surface area contributed by atoms with E-state index in [-0.39, 0.29) is 24.4 Å². The van der Waals surface area contributed by atoms with Crippen molar-refractivity contribution in [1.29, 1.82) is 0 Å². The van der Waals surface area contributed by atoms with Crippen molar-refractivity contribution in [2.24, 2.45) is 11.7 Å². The summed E-state index contributed by atoms with van der Waals surface area (Å²) < 4.78 is 0. The maximum absolute atomic E-state index is 11.0. The van der Waals surface area contributed by atoms with E-state index in [0.29, 0.717) is 0 Å². The van der Waals surface area contributed by atoms with E-state index in [2.05, 4.69) is 0 Å². The zero-order valence-electron chi connectivity index (χ0n) is 7.29. The largest absolute Gasteiger partial charge is 0.369 e. The van der Waals surface area contributed by atoms with Gasteiger partial charge in [-0.2, -0.15) is 0 Å². The fraction of sp³-hybridized carbons (Fsp3) is 0.625. The van der Waals surface area contributed by atoms with Crippen LogP contribution in [-0.4, -0.2) is 17.5 Å². The first-order chi connectivity index (χ1) is 5.45. The second kappa shape index (κ2) is 4.64. The van der Waals surface area contributed by atoms with Crippen LogP contribution in [-0.2, 0) is 14.4 Å². The third-order valence-electron chi connectivity index (χ3n) is 1.63. The lowest BCUT2D eigenvalue weighted by atomic mass is 10.0. The Kier molecular flexibility index (Phi) is 4.18. The van der Waals surface area contributed by atoms with E-state index in [1.807, 2.05) is 0 Å². The van der Waals surface area contributed by atoms with Gasteiger partial charge in [-0.05, 0) is 13.8 Å². The average Bonchev–Trinajstić information content (AvgIpc) is 1.98. The van der Waals surface area contributed by atoms with Crippen LogP contribution >= 0.6 is 0 Å². The van der Waals surface area contributed by atoms with Gasteiger partial charge in [0.15, 0.2) is 0 Å². The van der Waals surface area contributed by atoms with Crippen molar-refractivity contribution in [2.75, 3.05) is 0 Å². The van der Waals surface area contributed by atoms with Crippen LogP contribution in [0.3, 0.4) is 0 Å². The number of rotatable bonds is 5. The molecule has 12 heavy (non-hydrogen) atoms. The molecule has 0 bridgehead atoms. The monoisotopic (exact) mass is 171 g/mol. The summed E-state index contributed by atoms with van der Waals surface area (Å²) in [5.74, 6) is -1.73. The van der Waals surface area contributed by atoms with E-state index in [9.17, 15) is 14.4 Å². The summed E-state index contributed by atoms with van der Waals surface area (Å²) >= 11 is 0. The molecule has 0 unspecified atom stereocenters. The van der Waals surface area contributed by atoms with Crippen molar-refractivity contribution in [3.8, 4) is 0 Å². The number of carbonyl (C=O) groups is 3. The highest BCUT2D eigenvalue weighted by Crippen LogP contribution is 2.02. The molecule has 4 heteroatoms. The number of hydrogen-bond donors (Lipinski definition) is 1. The van der Waals surface area contributed by atoms with Gasteiger partial charge in [0.25, 0.3) is 0 Å².